The molecule has 1 aliphatic heterocycles. The summed E-state index contributed by atoms with van der Waals surface area (Å²) in [5.74, 6) is 0.987. The fraction of sp³-hybridized carbons (Fsp3) is 0.261. The molecule has 1 heterocycles. The summed E-state index contributed by atoms with van der Waals surface area (Å²) >= 11 is 0. The number of nitrogens with zero attached hydrogens (tertiary/aromatic N) is 1. The van der Waals surface area contributed by atoms with E-state index in [1.54, 1.807) is 32.2 Å². The van der Waals surface area contributed by atoms with Crippen LogP contribution in [0.4, 0.5) is 0 Å². The standard InChI is InChI=1S/C23H23NO4/c1-15-11-19(6-8-21(15)25)23(26)24-9-10-28-22(14-24)18-4-3-17-13-20(27-2)7-5-16(17)12-18/h3-8,11-13,22,25H,9-10,14H2,1-2H3/t22-/m1/s1. The molecule has 1 atom stereocenters. The number of morpholine rings is 1. The second-order valence-corrected chi connectivity index (χ2v) is 7.08. The van der Waals surface area contributed by atoms with Crippen LogP contribution in [-0.2, 0) is 4.74 Å². The Labute approximate surface area is 164 Å². The highest BCUT2D eigenvalue weighted by atomic mass is 16.5. The lowest BCUT2D eigenvalue weighted by Gasteiger charge is -2.33. The van der Waals surface area contributed by atoms with Crippen molar-refractivity contribution < 1.29 is 19.4 Å². The van der Waals surface area contributed by atoms with E-state index in [0.29, 0.717) is 30.8 Å². The minimum atomic E-state index is -0.164. The Morgan fingerprint density at radius 1 is 1.11 bits per heavy atom. The molecule has 5 heteroatoms. The number of fused-ring (bicyclic) bond motifs is 1. The number of aromatic hydroxyl groups is 1. The van der Waals surface area contributed by atoms with E-state index in [-0.39, 0.29) is 17.8 Å². The molecule has 1 fully saturated rings. The summed E-state index contributed by atoms with van der Waals surface area (Å²) in [6.45, 7) is 3.34. The van der Waals surface area contributed by atoms with Gasteiger partial charge in [0, 0.05) is 12.1 Å². The van der Waals surface area contributed by atoms with E-state index >= 15 is 0 Å². The highest BCUT2D eigenvalue weighted by Crippen LogP contribution is 2.28. The van der Waals surface area contributed by atoms with Crippen molar-refractivity contribution in [1.29, 1.82) is 0 Å². The van der Waals surface area contributed by atoms with Gasteiger partial charge in [-0.05, 0) is 65.2 Å². The monoisotopic (exact) mass is 377 g/mol. The molecule has 0 bridgehead atoms. The molecular weight excluding hydrogens is 354 g/mol. The number of amides is 1. The van der Waals surface area contributed by atoms with E-state index in [0.717, 1.165) is 22.1 Å². The number of methoxy groups -OCH3 is 1. The van der Waals surface area contributed by atoms with Crippen LogP contribution in [0.1, 0.15) is 27.6 Å². The quantitative estimate of drug-likeness (QED) is 0.747. The smallest absolute Gasteiger partial charge is 0.254 e. The molecule has 3 aromatic carbocycles. The fourth-order valence-corrected chi connectivity index (χ4v) is 3.58. The maximum atomic E-state index is 12.9. The average Bonchev–Trinajstić information content (AvgIpc) is 2.74. The van der Waals surface area contributed by atoms with E-state index in [9.17, 15) is 9.90 Å². The van der Waals surface area contributed by atoms with Crippen LogP contribution in [0.3, 0.4) is 0 Å². The Bertz CT molecular complexity index is 1030. The number of carbonyl (C=O) groups is 1. The first-order valence-corrected chi connectivity index (χ1v) is 9.33. The molecule has 0 aromatic heterocycles. The summed E-state index contributed by atoms with van der Waals surface area (Å²) in [5, 5.41) is 11.9. The molecule has 0 radical (unpaired) electrons. The minimum absolute atomic E-state index is 0.0399. The summed E-state index contributed by atoms with van der Waals surface area (Å²) in [4.78, 5) is 14.7. The van der Waals surface area contributed by atoms with E-state index in [4.69, 9.17) is 9.47 Å². The van der Waals surface area contributed by atoms with Crippen molar-refractivity contribution in [3.63, 3.8) is 0 Å². The van der Waals surface area contributed by atoms with Crippen LogP contribution >= 0.6 is 0 Å². The van der Waals surface area contributed by atoms with Gasteiger partial charge in [-0.1, -0.05) is 18.2 Å². The third-order valence-electron chi connectivity index (χ3n) is 5.24. The summed E-state index contributed by atoms with van der Waals surface area (Å²) in [5.41, 5.74) is 2.33. The molecule has 1 aliphatic rings. The maximum absolute atomic E-state index is 12.9. The first-order valence-electron chi connectivity index (χ1n) is 9.33. The van der Waals surface area contributed by atoms with Crippen LogP contribution < -0.4 is 4.74 Å². The normalized spacial score (nSPS) is 16.9. The Kier molecular flexibility index (Phi) is 4.92. The molecule has 144 valence electrons. The predicted octanol–water partition coefficient (Wildman–Crippen LogP) is 4.08. The highest BCUT2D eigenvalue weighted by Gasteiger charge is 2.26. The van der Waals surface area contributed by atoms with Gasteiger partial charge in [0.2, 0.25) is 0 Å². The van der Waals surface area contributed by atoms with Crippen LogP contribution in [0.5, 0.6) is 11.5 Å². The molecule has 1 N–H and O–H groups in total. The Morgan fingerprint density at radius 2 is 1.89 bits per heavy atom. The van der Waals surface area contributed by atoms with Crippen LogP contribution in [0.15, 0.2) is 54.6 Å². The molecular formula is C23H23NO4. The zero-order valence-corrected chi connectivity index (χ0v) is 16.0. The van der Waals surface area contributed by atoms with Gasteiger partial charge in [0.05, 0.1) is 20.3 Å². The second kappa shape index (κ2) is 7.52. The molecule has 0 aliphatic carbocycles. The van der Waals surface area contributed by atoms with Gasteiger partial charge in [-0.15, -0.1) is 0 Å². The Hall–Kier alpha value is -3.05. The summed E-state index contributed by atoms with van der Waals surface area (Å²) < 4.78 is 11.2. The predicted molar refractivity (Wildman–Crippen MR) is 108 cm³/mol. The van der Waals surface area contributed by atoms with Gasteiger partial charge in [-0.25, -0.2) is 0 Å². The van der Waals surface area contributed by atoms with Crippen LogP contribution in [0.2, 0.25) is 0 Å². The lowest BCUT2D eigenvalue weighted by Crippen LogP contribution is -2.42. The van der Waals surface area contributed by atoms with Gasteiger partial charge in [-0.2, -0.15) is 0 Å². The molecule has 0 saturated carbocycles. The molecule has 5 nitrogen and oxygen atoms in total. The Morgan fingerprint density at radius 3 is 2.68 bits per heavy atom. The number of benzene rings is 3. The lowest BCUT2D eigenvalue weighted by atomic mass is 10.0. The molecule has 0 spiro atoms. The van der Waals surface area contributed by atoms with E-state index in [2.05, 4.69) is 12.1 Å². The number of aryl methyl sites for hydroxylation is 1. The molecule has 28 heavy (non-hydrogen) atoms. The van der Waals surface area contributed by atoms with Gasteiger partial charge in [-0.3, -0.25) is 4.79 Å². The number of hydrogen-bond acceptors (Lipinski definition) is 4. The molecule has 0 unspecified atom stereocenters. The van der Waals surface area contributed by atoms with Gasteiger partial charge in [0.25, 0.3) is 5.91 Å². The van der Waals surface area contributed by atoms with Crippen LogP contribution in [0, 0.1) is 6.92 Å². The summed E-state index contributed by atoms with van der Waals surface area (Å²) in [6.07, 6.45) is -0.164. The van der Waals surface area contributed by atoms with Crippen molar-refractivity contribution >= 4 is 16.7 Å². The van der Waals surface area contributed by atoms with Crippen molar-refractivity contribution in [2.45, 2.75) is 13.0 Å². The topological polar surface area (TPSA) is 59.0 Å². The van der Waals surface area contributed by atoms with Gasteiger partial charge in [0.15, 0.2) is 0 Å². The highest BCUT2D eigenvalue weighted by molar-refractivity contribution is 5.94. The van der Waals surface area contributed by atoms with Gasteiger partial charge < -0.3 is 19.5 Å². The summed E-state index contributed by atoms with van der Waals surface area (Å²) in [6, 6.07) is 17.1. The third-order valence-corrected chi connectivity index (χ3v) is 5.24. The second-order valence-electron chi connectivity index (χ2n) is 7.08. The number of rotatable bonds is 3. The first-order chi connectivity index (χ1) is 13.5. The largest absolute Gasteiger partial charge is 0.508 e. The van der Waals surface area contributed by atoms with Gasteiger partial charge in [0.1, 0.15) is 17.6 Å². The van der Waals surface area contributed by atoms with Crippen molar-refractivity contribution in [3.05, 3.63) is 71.3 Å². The number of phenols is 1. The Balaban J connectivity index is 1.55. The number of phenolic OH excluding ortho intramolecular Hbond substituents is 1. The van der Waals surface area contributed by atoms with Crippen molar-refractivity contribution in [2.24, 2.45) is 0 Å². The molecule has 1 saturated heterocycles. The van der Waals surface area contributed by atoms with Crippen molar-refractivity contribution in [2.75, 3.05) is 26.8 Å². The molecule has 3 aromatic rings. The number of ether oxygens (including phenoxy) is 2. The maximum Gasteiger partial charge on any atom is 0.254 e. The number of hydrogen-bond donors (Lipinski definition) is 1. The molecule has 4 rings (SSSR count). The minimum Gasteiger partial charge on any atom is -0.508 e. The average molecular weight is 377 g/mol. The third kappa shape index (κ3) is 3.53. The van der Waals surface area contributed by atoms with Crippen LogP contribution in [-0.4, -0.2) is 42.7 Å². The zero-order valence-electron chi connectivity index (χ0n) is 16.0. The van der Waals surface area contributed by atoms with E-state index < -0.39 is 0 Å². The fourth-order valence-electron chi connectivity index (χ4n) is 3.58. The summed E-state index contributed by atoms with van der Waals surface area (Å²) in [7, 11) is 1.66. The van der Waals surface area contributed by atoms with Crippen LogP contribution in [0.25, 0.3) is 10.8 Å². The van der Waals surface area contributed by atoms with E-state index in [1.165, 1.54) is 0 Å². The molecule has 1 amide bonds. The lowest BCUT2D eigenvalue weighted by molar-refractivity contribution is -0.0227. The van der Waals surface area contributed by atoms with E-state index in [1.807, 2.05) is 29.2 Å². The SMILES string of the molecule is COc1ccc2cc([C@H]3CN(C(=O)c4ccc(O)c(C)c4)CCO3)ccc2c1. The first kappa shape index (κ1) is 18.3. The van der Waals surface area contributed by atoms with Gasteiger partial charge >= 0.3 is 0 Å². The zero-order chi connectivity index (χ0) is 19.7. The van der Waals surface area contributed by atoms with Crippen molar-refractivity contribution in [1.82, 2.24) is 4.90 Å². The number of carbonyl (C=O) groups excluding carboxylic acids is 1. The van der Waals surface area contributed by atoms with Crippen molar-refractivity contribution in [3.8, 4) is 11.5 Å².